The van der Waals surface area contributed by atoms with Gasteiger partial charge in [0.25, 0.3) is 0 Å². The van der Waals surface area contributed by atoms with Crippen molar-refractivity contribution in [3.63, 3.8) is 0 Å². The topological polar surface area (TPSA) is 70.4 Å². The summed E-state index contributed by atoms with van der Waals surface area (Å²) in [4.78, 5) is 0.148. The standard InChI is InChI=1S/C14H18N2O3S/c1-4-7-16(8-9-19-3)20(17,18)14-10-13(11-15)6-5-12(14)2/h4-6,10H,1,7-9H2,2-3H3. The maximum Gasteiger partial charge on any atom is 0.243 e. The smallest absolute Gasteiger partial charge is 0.243 e. The predicted molar refractivity (Wildman–Crippen MR) is 76.7 cm³/mol. The van der Waals surface area contributed by atoms with Gasteiger partial charge in [-0.25, -0.2) is 8.42 Å². The average Bonchev–Trinajstić information content (AvgIpc) is 2.43. The van der Waals surface area contributed by atoms with Crippen LogP contribution in [0.2, 0.25) is 0 Å². The zero-order valence-electron chi connectivity index (χ0n) is 11.7. The molecule has 1 aromatic rings. The lowest BCUT2D eigenvalue weighted by Gasteiger charge is -2.21. The lowest BCUT2D eigenvalue weighted by Crippen LogP contribution is -2.34. The van der Waals surface area contributed by atoms with E-state index in [2.05, 4.69) is 6.58 Å². The van der Waals surface area contributed by atoms with Crippen LogP contribution in [0.25, 0.3) is 0 Å². The van der Waals surface area contributed by atoms with Gasteiger partial charge in [0.1, 0.15) is 0 Å². The second-order valence-electron chi connectivity index (χ2n) is 4.24. The third-order valence-corrected chi connectivity index (χ3v) is 4.82. The molecule has 6 heteroatoms. The summed E-state index contributed by atoms with van der Waals surface area (Å²) in [6, 6.07) is 6.58. The van der Waals surface area contributed by atoms with Gasteiger partial charge in [-0.15, -0.1) is 6.58 Å². The molecule has 0 saturated carbocycles. The summed E-state index contributed by atoms with van der Waals surface area (Å²) in [5.74, 6) is 0. The Morgan fingerprint density at radius 2 is 2.20 bits per heavy atom. The molecule has 20 heavy (non-hydrogen) atoms. The molecule has 0 aliphatic rings. The summed E-state index contributed by atoms with van der Waals surface area (Å²) >= 11 is 0. The van der Waals surface area contributed by atoms with Crippen LogP contribution in [-0.4, -0.2) is 39.5 Å². The summed E-state index contributed by atoms with van der Waals surface area (Å²) in [7, 11) is -2.15. The molecule has 0 unspecified atom stereocenters. The first-order chi connectivity index (χ1) is 9.47. The van der Waals surface area contributed by atoms with Crippen LogP contribution in [0.3, 0.4) is 0 Å². The molecular formula is C14H18N2O3S. The van der Waals surface area contributed by atoms with Crippen LogP contribution in [0, 0.1) is 18.3 Å². The first kappa shape index (κ1) is 16.4. The highest BCUT2D eigenvalue weighted by molar-refractivity contribution is 7.89. The minimum atomic E-state index is -3.67. The fourth-order valence-corrected chi connectivity index (χ4v) is 3.38. The number of nitrogens with zero attached hydrogens (tertiary/aromatic N) is 2. The molecule has 0 amide bonds. The number of hydrogen-bond acceptors (Lipinski definition) is 4. The third-order valence-electron chi connectivity index (χ3n) is 2.81. The van der Waals surface area contributed by atoms with Gasteiger partial charge in [-0.1, -0.05) is 12.1 Å². The number of benzene rings is 1. The van der Waals surface area contributed by atoms with Gasteiger partial charge in [-0.3, -0.25) is 0 Å². The van der Waals surface area contributed by atoms with Gasteiger partial charge in [0.2, 0.25) is 10.0 Å². The monoisotopic (exact) mass is 294 g/mol. The van der Waals surface area contributed by atoms with E-state index in [1.54, 1.807) is 19.1 Å². The first-order valence-electron chi connectivity index (χ1n) is 6.08. The normalized spacial score (nSPS) is 11.3. The Kier molecular flexibility index (Phi) is 5.89. The minimum Gasteiger partial charge on any atom is -0.383 e. The Morgan fingerprint density at radius 3 is 2.75 bits per heavy atom. The van der Waals surface area contributed by atoms with Crippen LogP contribution < -0.4 is 0 Å². The van der Waals surface area contributed by atoms with Crippen molar-refractivity contribution in [1.82, 2.24) is 4.31 Å². The fraction of sp³-hybridized carbons (Fsp3) is 0.357. The highest BCUT2D eigenvalue weighted by atomic mass is 32.2. The van der Waals surface area contributed by atoms with Crippen molar-refractivity contribution in [3.8, 4) is 6.07 Å². The van der Waals surface area contributed by atoms with E-state index in [4.69, 9.17) is 10.00 Å². The summed E-state index contributed by atoms with van der Waals surface area (Å²) < 4.78 is 31.5. The molecule has 0 radical (unpaired) electrons. The zero-order chi connectivity index (χ0) is 15.2. The molecule has 5 nitrogen and oxygen atoms in total. The number of aryl methyl sites for hydroxylation is 1. The molecule has 0 saturated heterocycles. The van der Waals surface area contributed by atoms with Gasteiger partial charge < -0.3 is 4.74 Å². The van der Waals surface area contributed by atoms with Crippen LogP contribution in [0.15, 0.2) is 35.7 Å². The SMILES string of the molecule is C=CCN(CCOC)S(=O)(=O)c1cc(C#N)ccc1C. The molecular weight excluding hydrogens is 276 g/mol. The lowest BCUT2D eigenvalue weighted by molar-refractivity contribution is 0.182. The molecule has 0 aromatic heterocycles. The van der Waals surface area contributed by atoms with E-state index in [9.17, 15) is 8.42 Å². The molecule has 0 spiro atoms. The molecule has 0 fully saturated rings. The maximum absolute atomic E-state index is 12.6. The molecule has 0 N–H and O–H groups in total. The van der Waals surface area contributed by atoms with Gasteiger partial charge in [-0.2, -0.15) is 9.57 Å². The van der Waals surface area contributed by atoms with Gasteiger partial charge in [0, 0.05) is 20.2 Å². The van der Waals surface area contributed by atoms with Crippen LogP contribution in [0.5, 0.6) is 0 Å². The predicted octanol–water partition coefficient (Wildman–Crippen LogP) is 1.69. The summed E-state index contributed by atoms with van der Waals surface area (Å²) in [5.41, 5.74) is 0.926. The molecule has 0 bridgehead atoms. The van der Waals surface area contributed by atoms with Crippen molar-refractivity contribution < 1.29 is 13.2 Å². The van der Waals surface area contributed by atoms with Gasteiger partial charge in [0.15, 0.2) is 0 Å². The van der Waals surface area contributed by atoms with E-state index < -0.39 is 10.0 Å². The molecule has 0 aliphatic heterocycles. The summed E-state index contributed by atoms with van der Waals surface area (Å²) in [6.07, 6.45) is 1.52. The van der Waals surface area contributed by atoms with Crippen molar-refractivity contribution in [3.05, 3.63) is 42.0 Å². The van der Waals surface area contributed by atoms with Crippen molar-refractivity contribution >= 4 is 10.0 Å². The number of rotatable bonds is 7. The Hall–Kier alpha value is -1.68. The van der Waals surface area contributed by atoms with E-state index in [0.29, 0.717) is 17.7 Å². The number of ether oxygens (including phenoxy) is 1. The Morgan fingerprint density at radius 1 is 1.50 bits per heavy atom. The maximum atomic E-state index is 12.6. The van der Waals surface area contributed by atoms with E-state index in [1.807, 2.05) is 6.07 Å². The molecule has 0 atom stereocenters. The largest absolute Gasteiger partial charge is 0.383 e. The molecule has 108 valence electrons. The number of methoxy groups -OCH3 is 1. The molecule has 1 aromatic carbocycles. The van der Waals surface area contributed by atoms with Crippen LogP contribution >= 0.6 is 0 Å². The Labute approximate surface area is 120 Å². The Balaban J connectivity index is 3.25. The lowest BCUT2D eigenvalue weighted by atomic mass is 10.2. The summed E-state index contributed by atoms with van der Waals surface area (Å²) in [6.45, 7) is 6.01. The van der Waals surface area contributed by atoms with E-state index in [0.717, 1.165) is 0 Å². The van der Waals surface area contributed by atoms with Crippen molar-refractivity contribution in [1.29, 1.82) is 5.26 Å². The average molecular weight is 294 g/mol. The van der Waals surface area contributed by atoms with E-state index in [-0.39, 0.29) is 18.0 Å². The molecule has 0 heterocycles. The fourth-order valence-electron chi connectivity index (χ4n) is 1.73. The van der Waals surface area contributed by atoms with Crippen molar-refractivity contribution in [2.24, 2.45) is 0 Å². The number of sulfonamides is 1. The highest BCUT2D eigenvalue weighted by Crippen LogP contribution is 2.21. The van der Waals surface area contributed by atoms with Gasteiger partial charge >= 0.3 is 0 Å². The Bertz CT molecular complexity index is 618. The van der Waals surface area contributed by atoms with Gasteiger partial charge in [0.05, 0.1) is 23.1 Å². The third kappa shape index (κ3) is 3.67. The minimum absolute atomic E-state index is 0.148. The van der Waals surface area contributed by atoms with Gasteiger partial charge in [-0.05, 0) is 24.6 Å². The van der Waals surface area contributed by atoms with Crippen molar-refractivity contribution in [2.45, 2.75) is 11.8 Å². The number of hydrogen-bond donors (Lipinski definition) is 0. The van der Waals surface area contributed by atoms with E-state index in [1.165, 1.54) is 23.6 Å². The summed E-state index contributed by atoms with van der Waals surface area (Å²) in [5, 5.41) is 8.91. The van der Waals surface area contributed by atoms with Crippen LogP contribution in [0.4, 0.5) is 0 Å². The second-order valence-corrected chi connectivity index (χ2v) is 6.14. The van der Waals surface area contributed by atoms with Crippen molar-refractivity contribution in [2.75, 3.05) is 26.8 Å². The molecule has 0 aliphatic carbocycles. The van der Waals surface area contributed by atoms with Crippen LogP contribution in [-0.2, 0) is 14.8 Å². The highest BCUT2D eigenvalue weighted by Gasteiger charge is 2.25. The second kappa shape index (κ2) is 7.20. The quantitative estimate of drug-likeness (QED) is 0.718. The zero-order valence-corrected chi connectivity index (χ0v) is 12.5. The van der Waals surface area contributed by atoms with E-state index >= 15 is 0 Å². The first-order valence-corrected chi connectivity index (χ1v) is 7.52. The van der Waals surface area contributed by atoms with Crippen LogP contribution in [0.1, 0.15) is 11.1 Å². The number of nitriles is 1. The molecule has 1 rings (SSSR count).